The lowest BCUT2D eigenvalue weighted by Crippen LogP contribution is -1.69. The van der Waals surface area contributed by atoms with E-state index in [-0.39, 0.29) is 11.5 Å². The predicted molar refractivity (Wildman–Crippen MR) is 50.5 cm³/mol. The molecule has 0 saturated heterocycles. The number of aromatic hydroxyl groups is 2. The van der Waals surface area contributed by atoms with Crippen molar-refractivity contribution in [2.75, 3.05) is 0 Å². The zero-order valence-corrected chi connectivity index (χ0v) is 7.34. The second-order valence-electron chi connectivity index (χ2n) is 2.61. The molecule has 0 aliphatic rings. The Bertz CT molecular complexity index is 473. The first-order valence-corrected chi connectivity index (χ1v) is 4.43. The van der Waals surface area contributed by atoms with Gasteiger partial charge in [-0.25, -0.2) is 0 Å². The first-order valence-electron chi connectivity index (χ1n) is 3.62. The van der Waals surface area contributed by atoms with Crippen LogP contribution in [0, 0.1) is 0 Å². The van der Waals surface area contributed by atoms with Gasteiger partial charge in [-0.15, -0.1) is 11.3 Å². The number of benzene rings is 1. The number of rotatable bonds is 1. The number of phenols is 1. The molecule has 0 aliphatic carbocycles. The van der Waals surface area contributed by atoms with E-state index in [1.807, 2.05) is 0 Å². The molecule has 1 aromatic carbocycles. The van der Waals surface area contributed by atoms with E-state index < -0.39 is 0 Å². The number of aldehydes is 1. The van der Waals surface area contributed by atoms with Gasteiger partial charge in [0.2, 0.25) is 0 Å². The van der Waals surface area contributed by atoms with Gasteiger partial charge in [0.15, 0.2) is 6.29 Å². The summed E-state index contributed by atoms with van der Waals surface area (Å²) in [6.07, 6.45) is 0.608. The molecule has 2 aromatic rings. The van der Waals surface area contributed by atoms with Gasteiger partial charge >= 0.3 is 0 Å². The number of hydrogen-bond donors (Lipinski definition) is 2. The molecule has 0 radical (unpaired) electrons. The fourth-order valence-corrected chi connectivity index (χ4v) is 2.12. The summed E-state index contributed by atoms with van der Waals surface area (Å²) in [5.74, 6) is 0.126. The smallest absolute Gasteiger partial charge is 0.163 e. The molecule has 0 unspecified atom stereocenters. The molecule has 0 amide bonds. The maximum absolute atomic E-state index is 10.5. The van der Waals surface area contributed by atoms with Gasteiger partial charge in [-0.1, -0.05) is 0 Å². The third kappa shape index (κ3) is 1.15. The second-order valence-corrected chi connectivity index (χ2v) is 3.70. The summed E-state index contributed by atoms with van der Waals surface area (Å²) in [7, 11) is 0. The molecule has 2 N–H and O–H groups in total. The van der Waals surface area contributed by atoms with Crippen molar-refractivity contribution in [2.24, 2.45) is 0 Å². The van der Waals surface area contributed by atoms with Gasteiger partial charge in [-0.3, -0.25) is 4.79 Å². The van der Waals surface area contributed by atoms with Gasteiger partial charge in [-0.2, -0.15) is 0 Å². The Kier molecular flexibility index (Phi) is 1.70. The van der Waals surface area contributed by atoms with Crippen molar-refractivity contribution in [1.29, 1.82) is 0 Å². The molecule has 0 saturated carbocycles. The van der Waals surface area contributed by atoms with E-state index in [2.05, 4.69) is 0 Å². The van der Waals surface area contributed by atoms with E-state index in [0.717, 1.165) is 11.3 Å². The summed E-state index contributed by atoms with van der Waals surface area (Å²) in [6, 6.07) is 4.58. The molecule has 0 spiro atoms. The summed E-state index contributed by atoms with van der Waals surface area (Å²) in [4.78, 5) is 10.8. The van der Waals surface area contributed by atoms with Crippen LogP contribution in [0.2, 0.25) is 0 Å². The summed E-state index contributed by atoms with van der Waals surface area (Å²) in [6.45, 7) is 0. The normalized spacial score (nSPS) is 10.5. The Labute approximate surface area is 77.9 Å². The quantitative estimate of drug-likeness (QED) is 0.683. The van der Waals surface area contributed by atoms with Crippen LogP contribution in [0.5, 0.6) is 11.5 Å². The van der Waals surface area contributed by atoms with Crippen LogP contribution in [-0.2, 0) is 0 Å². The Balaban J connectivity index is 2.83. The highest BCUT2D eigenvalue weighted by Crippen LogP contribution is 2.37. The highest BCUT2D eigenvalue weighted by Gasteiger charge is 2.09. The molecule has 2 rings (SSSR count). The summed E-state index contributed by atoms with van der Waals surface area (Å²) in [5, 5.41) is 19.2. The van der Waals surface area contributed by atoms with Crippen LogP contribution in [0.15, 0.2) is 18.2 Å². The van der Waals surface area contributed by atoms with Crippen molar-refractivity contribution in [2.45, 2.75) is 0 Å². The van der Waals surface area contributed by atoms with E-state index in [9.17, 15) is 9.90 Å². The minimum absolute atomic E-state index is 0.00463. The van der Waals surface area contributed by atoms with Gasteiger partial charge in [0, 0.05) is 10.1 Å². The Hall–Kier alpha value is -1.55. The molecule has 1 heterocycles. The second kappa shape index (κ2) is 2.74. The summed E-state index contributed by atoms with van der Waals surface area (Å²) < 4.78 is 0.708. The van der Waals surface area contributed by atoms with Crippen LogP contribution in [-0.4, -0.2) is 16.5 Å². The lowest BCUT2D eigenvalue weighted by atomic mass is 10.2. The van der Waals surface area contributed by atoms with Crippen LogP contribution in [0.25, 0.3) is 10.1 Å². The van der Waals surface area contributed by atoms with Gasteiger partial charge in [-0.05, 0) is 18.2 Å². The molecule has 0 fully saturated rings. The van der Waals surface area contributed by atoms with E-state index in [1.54, 1.807) is 6.07 Å². The maximum atomic E-state index is 10.5. The molecule has 0 bridgehead atoms. The number of carbonyl (C=O) groups is 1. The third-order valence-corrected chi connectivity index (χ3v) is 2.85. The lowest BCUT2D eigenvalue weighted by Gasteiger charge is -1.91. The Morgan fingerprint density at radius 3 is 2.77 bits per heavy atom. The minimum Gasteiger partial charge on any atom is -0.508 e. The van der Waals surface area contributed by atoms with E-state index in [1.165, 1.54) is 12.1 Å². The number of carbonyl (C=O) groups excluding carboxylic acids is 1. The summed E-state index contributed by atoms with van der Waals surface area (Å²) in [5.41, 5.74) is 0. The topological polar surface area (TPSA) is 57.5 Å². The first kappa shape index (κ1) is 8.07. The lowest BCUT2D eigenvalue weighted by molar-refractivity contribution is 0.112. The average molecular weight is 194 g/mol. The molecule has 0 aliphatic heterocycles. The Morgan fingerprint density at radius 2 is 2.08 bits per heavy atom. The van der Waals surface area contributed by atoms with E-state index >= 15 is 0 Å². The fraction of sp³-hybridized carbons (Fsp3) is 0. The van der Waals surface area contributed by atoms with Crippen LogP contribution in [0.1, 0.15) is 9.67 Å². The van der Waals surface area contributed by atoms with Crippen LogP contribution < -0.4 is 0 Å². The first-order chi connectivity index (χ1) is 6.22. The number of phenolic OH excluding ortho intramolecular Hbond substituents is 1. The number of fused-ring (bicyclic) bond motifs is 1. The molecular formula is C9H6O3S. The molecule has 13 heavy (non-hydrogen) atoms. The highest BCUT2D eigenvalue weighted by atomic mass is 32.1. The zero-order valence-electron chi connectivity index (χ0n) is 6.52. The molecule has 0 atom stereocenters. The molecule has 1 aromatic heterocycles. The highest BCUT2D eigenvalue weighted by molar-refractivity contribution is 7.21. The largest absolute Gasteiger partial charge is 0.508 e. The summed E-state index contributed by atoms with van der Waals surface area (Å²) >= 11 is 1.16. The predicted octanol–water partition coefficient (Wildman–Crippen LogP) is 2.13. The zero-order chi connectivity index (χ0) is 9.42. The maximum Gasteiger partial charge on any atom is 0.163 e. The van der Waals surface area contributed by atoms with Crippen molar-refractivity contribution >= 4 is 27.7 Å². The van der Waals surface area contributed by atoms with Crippen molar-refractivity contribution in [3.63, 3.8) is 0 Å². The van der Waals surface area contributed by atoms with Crippen molar-refractivity contribution in [1.82, 2.24) is 0 Å². The van der Waals surface area contributed by atoms with E-state index in [4.69, 9.17) is 5.11 Å². The van der Waals surface area contributed by atoms with Crippen molar-refractivity contribution < 1.29 is 15.0 Å². The van der Waals surface area contributed by atoms with Crippen LogP contribution in [0.4, 0.5) is 0 Å². The monoisotopic (exact) mass is 194 g/mol. The Morgan fingerprint density at radius 1 is 1.31 bits per heavy atom. The van der Waals surface area contributed by atoms with Gasteiger partial charge in [0.1, 0.15) is 16.4 Å². The third-order valence-electron chi connectivity index (χ3n) is 1.78. The van der Waals surface area contributed by atoms with Crippen LogP contribution in [0.3, 0.4) is 0 Å². The van der Waals surface area contributed by atoms with Crippen molar-refractivity contribution in [3.8, 4) is 11.5 Å². The molecule has 3 nitrogen and oxygen atoms in total. The van der Waals surface area contributed by atoms with Crippen LogP contribution >= 0.6 is 11.3 Å². The number of hydrogen-bond acceptors (Lipinski definition) is 4. The number of thiophene rings is 1. The minimum atomic E-state index is -0.00463. The average Bonchev–Trinajstić information content (AvgIpc) is 2.42. The standard InChI is InChI=1S/C9H6O3S/c10-4-8-9(12)6-2-1-5(11)3-7(6)13-8/h1-4,11-12H. The molecular weight excluding hydrogens is 188 g/mol. The van der Waals surface area contributed by atoms with Gasteiger partial charge in [0.05, 0.1) is 0 Å². The SMILES string of the molecule is O=Cc1sc2cc(O)ccc2c1O. The molecule has 66 valence electrons. The molecule has 4 heteroatoms. The fourth-order valence-electron chi connectivity index (χ4n) is 1.17. The van der Waals surface area contributed by atoms with E-state index in [0.29, 0.717) is 21.2 Å². The van der Waals surface area contributed by atoms with Gasteiger partial charge < -0.3 is 10.2 Å². The van der Waals surface area contributed by atoms with Crippen molar-refractivity contribution in [3.05, 3.63) is 23.1 Å². The van der Waals surface area contributed by atoms with Gasteiger partial charge in [0.25, 0.3) is 0 Å².